The molecular formula is C21H16O4. The largest absolute Gasteiger partial charge is 0.478 e. The molecule has 3 aromatic carbocycles. The Hall–Kier alpha value is -3.40. The van der Waals surface area contributed by atoms with E-state index in [0.717, 1.165) is 5.56 Å². The van der Waals surface area contributed by atoms with Crippen LogP contribution in [0, 0.1) is 0 Å². The summed E-state index contributed by atoms with van der Waals surface area (Å²) in [5.74, 6) is -1.16. The number of esters is 1. The van der Waals surface area contributed by atoms with Crippen molar-refractivity contribution < 1.29 is 19.4 Å². The van der Waals surface area contributed by atoms with Gasteiger partial charge in [0, 0.05) is 0 Å². The van der Waals surface area contributed by atoms with Crippen molar-refractivity contribution in [1.82, 2.24) is 0 Å². The quantitative estimate of drug-likeness (QED) is 0.562. The first-order valence-electron chi connectivity index (χ1n) is 7.81. The molecule has 25 heavy (non-hydrogen) atoms. The molecule has 4 heteroatoms. The van der Waals surface area contributed by atoms with Crippen LogP contribution in [0.15, 0.2) is 78.9 Å². The molecule has 1 N–H and O–H groups in total. The van der Waals surface area contributed by atoms with Gasteiger partial charge < -0.3 is 9.84 Å². The normalized spacial score (nSPS) is 10.2. The van der Waals surface area contributed by atoms with Gasteiger partial charge in [0.2, 0.25) is 0 Å². The van der Waals surface area contributed by atoms with E-state index < -0.39 is 11.9 Å². The van der Waals surface area contributed by atoms with E-state index in [2.05, 4.69) is 0 Å². The molecular weight excluding hydrogens is 316 g/mol. The second-order valence-corrected chi connectivity index (χ2v) is 5.54. The molecule has 4 nitrogen and oxygen atoms in total. The minimum atomic E-state index is -1.01. The Morgan fingerprint density at radius 2 is 1.48 bits per heavy atom. The van der Waals surface area contributed by atoms with Gasteiger partial charge in [-0.2, -0.15) is 0 Å². The summed E-state index contributed by atoms with van der Waals surface area (Å²) in [5.41, 5.74) is 2.21. The standard InChI is InChI=1S/C21H16O4/c22-20(23)19-12-11-18(25-21(24)16-9-5-2-6-10-16)14-17(19)13-15-7-3-1-4-8-15/h1-12,14H,13H2,(H,22,23). The minimum Gasteiger partial charge on any atom is -0.478 e. The molecule has 0 aromatic heterocycles. The summed E-state index contributed by atoms with van der Waals surface area (Å²) in [7, 11) is 0. The maximum Gasteiger partial charge on any atom is 0.343 e. The lowest BCUT2D eigenvalue weighted by Crippen LogP contribution is -2.10. The highest BCUT2D eigenvalue weighted by atomic mass is 16.5. The van der Waals surface area contributed by atoms with Gasteiger partial charge in [0.25, 0.3) is 0 Å². The molecule has 0 spiro atoms. The number of carboxylic acids is 1. The third kappa shape index (κ3) is 4.12. The van der Waals surface area contributed by atoms with Crippen LogP contribution in [0.3, 0.4) is 0 Å². The fraction of sp³-hybridized carbons (Fsp3) is 0.0476. The summed E-state index contributed by atoms with van der Waals surface area (Å²) < 4.78 is 5.38. The van der Waals surface area contributed by atoms with Crippen molar-refractivity contribution in [2.24, 2.45) is 0 Å². The van der Waals surface area contributed by atoms with E-state index in [1.54, 1.807) is 30.3 Å². The number of carbonyl (C=O) groups is 2. The van der Waals surface area contributed by atoms with Crippen LogP contribution in [0.25, 0.3) is 0 Å². The van der Waals surface area contributed by atoms with E-state index in [9.17, 15) is 14.7 Å². The molecule has 0 atom stereocenters. The predicted octanol–water partition coefficient (Wildman–Crippen LogP) is 4.19. The fourth-order valence-corrected chi connectivity index (χ4v) is 2.54. The van der Waals surface area contributed by atoms with E-state index in [-0.39, 0.29) is 5.56 Å². The molecule has 0 heterocycles. The Kier molecular flexibility index (Phi) is 4.90. The Morgan fingerprint density at radius 3 is 2.12 bits per heavy atom. The summed E-state index contributed by atoms with van der Waals surface area (Å²) in [6.45, 7) is 0. The van der Waals surface area contributed by atoms with Crippen molar-refractivity contribution in [3.63, 3.8) is 0 Å². The summed E-state index contributed by atoms with van der Waals surface area (Å²) in [6.07, 6.45) is 0.444. The number of benzene rings is 3. The third-order valence-electron chi connectivity index (χ3n) is 3.76. The maximum atomic E-state index is 12.2. The van der Waals surface area contributed by atoms with E-state index >= 15 is 0 Å². The number of hydrogen-bond acceptors (Lipinski definition) is 3. The Morgan fingerprint density at radius 1 is 0.840 bits per heavy atom. The van der Waals surface area contributed by atoms with Gasteiger partial charge in [-0.15, -0.1) is 0 Å². The van der Waals surface area contributed by atoms with E-state index in [1.165, 1.54) is 12.1 Å². The van der Waals surface area contributed by atoms with Gasteiger partial charge in [0.1, 0.15) is 5.75 Å². The molecule has 3 aromatic rings. The molecule has 0 saturated carbocycles. The lowest BCUT2D eigenvalue weighted by Gasteiger charge is -2.10. The molecule has 0 aliphatic rings. The van der Waals surface area contributed by atoms with E-state index in [0.29, 0.717) is 23.3 Å². The minimum absolute atomic E-state index is 0.198. The highest BCUT2D eigenvalue weighted by molar-refractivity contribution is 5.92. The topological polar surface area (TPSA) is 63.6 Å². The monoisotopic (exact) mass is 332 g/mol. The van der Waals surface area contributed by atoms with Crippen molar-refractivity contribution in [3.05, 3.63) is 101 Å². The number of ether oxygens (including phenoxy) is 1. The fourth-order valence-electron chi connectivity index (χ4n) is 2.54. The smallest absolute Gasteiger partial charge is 0.343 e. The van der Waals surface area contributed by atoms with Gasteiger partial charge in [0.15, 0.2) is 0 Å². The van der Waals surface area contributed by atoms with Crippen molar-refractivity contribution in [2.45, 2.75) is 6.42 Å². The average molecular weight is 332 g/mol. The molecule has 0 unspecified atom stereocenters. The second-order valence-electron chi connectivity index (χ2n) is 5.54. The van der Waals surface area contributed by atoms with Crippen LogP contribution >= 0.6 is 0 Å². The van der Waals surface area contributed by atoms with Crippen molar-refractivity contribution in [2.75, 3.05) is 0 Å². The molecule has 124 valence electrons. The van der Waals surface area contributed by atoms with Crippen molar-refractivity contribution in [3.8, 4) is 5.75 Å². The Labute approximate surface area is 145 Å². The average Bonchev–Trinajstić information content (AvgIpc) is 2.63. The van der Waals surface area contributed by atoms with Gasteiger partial charge in [0.05, 0.1) is 11.1 Å². The Bertz CT molecular complexity index is 886. The van der Waals surface area contributed by atoms with E-state index in [1.807, 2.05) is 36.4 Å². The predicted molar refractivity (Wildman–Crippen MR) is 94.0 cm³/mol. The first-order chi connectivity index (χ1) is 12.1. The number of hydrogen-bond donors (Lipinski definition) is 1. The molecule has 3 rings (SSSR count). The first-order valence-corrected chi connectivity index (χ1v) is 7.81. The summed E-state index contributed by atoms with van der Waals surface area (Å²) in [5, 5.41) is 9.39. The zero-order chi connectivity index (χ0) is 17.6. The van der Waals surface area contributed by atoms with Crippen LogP contribution in [0.5, 0.6) is 5.75 Å². The summed E-state index contributed by atoms with van der Waals surface area (Å²) in [4.78, 5) is 23.6. The van der Waals surface area contributed by atoms with E-state index in [4.69, 9.17) is 4.74 Å². The third-order valence-corrected chi connectivity index (χ3v) is 3.76. The number of aromatic carboxylic acids is 1. The summed E-state index contributed by atoms with van der Waals surface area (Å²) in [6, 6.07) is 22.8. The van der Waals surface area contributed by atoms with Crippen molar-refractivity contribution >= 4 is 11.9 Å². The van der Waals surface area contributed by atoms with Crippen LogP contribution in [-0.2, 0) is 6.42 Å². The molecule has 0 fully saturated rings. The zero-order valence-electron chi connectivity index (χ0n) is 13.4. The number of rotatable bonds is 5. The molecule has 0 radical (unpaired) electrons. The summed E-state index contributed by atoms with van der Waals surface area (Å²) >= 11 is 0. The molecule has 0 bridgehead atoms. The Balaban J connectivity index is 1.87. The zero-order valence-corrected chi connectivity index (χ0v) is 13.4. The lowest BCUT2D eigenvalue weighted by molar-refractivity contribution is 0.0695. The van der Waals surface area contributed by atoms with Crippen LogP contribution in [0.2, 0.25) is 0 Å². The second kappa shape index (κ2) is 7.45. The van der Waals surface area contributed by atoms with Crippen LogP contribution < -0.4 is 4.74 Å². The van der Waals surface area contributed by atoms with Crippen molar-refractivity contribution in [1.29, 1.82) is 0 Å². The van der Waals surface area contributed by atoms with Gasteiger partial charge in [-0.05, 0) is 47.9 Å². The molecule has 0 saturated heterocycles. The number of carboxylic acid groups (broad SMARTS) is 1. The van der Waals surface area contributed by atoms with Gasteiger partial charge in [-0.3, -0.25) is 0 Å². The molecule has 0 aliphatic heterocycles. The molecule has 0 amide bonds. The van der Waals surface area contributed by atoms with Gasteiger partial charge in [-0.25, -0.2) is 9.59 Å². The maximum absolute atomic E-state index is 12.2. The van der Waals surface area contributed by atoms with Crippen LogP contribution in [0.1, 0.15) is 31.8 Å². The highest BCUT2D eigenvalue weighted by Gasteiger charge is 2.14. The SMILES string of the molecule is O=C(Oc1ccc(C(=O)O)c(Cc2ccccc2)c1)c1ccccc1. The highest BCUT2D eigenvalue weighted by Crippen LogP contribution is 2.22. The van der Waals surface area contributed by atoms with Gasteiger partial charge >= 0.3 is 11.9 Å². The van der Waals surface area contributed by atoms with Gasteiger partial charge in [-0.1, -0.05) is 48.5 Å². The molecule has 0 aliphatic carbocycles. The number of carbonyl (C=O) groups excluding carboxylic acids is 1. The first kappa shape index (κ1) is 16.5. The lowest BCUT2D eigenvalue weighted by atomic mass is 9.99. The van der Waals surface area contributed by atoms with Crippen LogP contribution in [0.4, 0.5) is 0 Å². The van der Waals surface area contributed by atoms with Crippen LogP contribution in [-0.4, -0.2) is 17.0 Å².